The van der Waals surface area contributed by atoms with E-state index < -0.39 is 5.97 Å². The van der Waals surface area contributed by atoms with Gasteiger partial charge in [-0.3, -0.25) is 0 Å². The maximum absolute atomic E-state index is 10.8. The van der Waals surface area contributed by atoms with Gasteiger partial charge in [0.1, 0.15) is 0 Å². The predicted molar refractivity (Wildman–Crippen MR) is 74.5 cm³/mol. The lowest BCUT2D eigenvalue weighted by molar-refractivity contribution is 0.0649. The summed E-state index contributed by atoms with van der Waals surface area (Å²) in [6, 6.07) is 4.78. The number of hydrogen-bond acceptors (Lipinski definition) is 4. The van der Waals surface area contributed by atoms with Crippen LogP contribution in [0.25, 0.3) is 0 Å². The minimum absolute atomic E-state index is 0.215. The first-order chi connectivity index (χ1) is 9.16. The van der Waals surface area contributed by atoms with E-state index in [0.717, 1.165) is 44.7 Å². The van der Waals surface area contributed by atoms with Crippen molar-refractivity contribution >= 4 is 17.3 Å². The fraction of sp³-hybridized carbons (Fsp3) is 0.500. The Morgan fingerprint density at radius 1 is 1.42 bits per heavy atom. The molecule has 104 valence electrons. The van der Waals surface area contributed by atoms with Crippen LogP contribution in [0, 0.1) is 5.92 Å². The summed E-state index contributed by atoms with van der Waals surface area (Å²) in [6.45, 7) is 2.57. The average molecular weight is 264 g/mol. The number of nitrogens with one attached hydrogen (secondary N) is 1. The van der Waals surface area contributed by atoms with Crippen LogP contribution in [0.3, 0.4) is 0 Å². The van der Waals surface area contributed by atoms with Gasteiger partial charge in [0.05, 0.1) is 16.9 Å². The molecule has 1 aliphatic heterocycles. The summed E-state index contributed by atoms with van der Waals surface area (Å²) in [7, 11) is 0. The Hall–Kier alpha value is -1.75. The van der Waals surface area contributed by atoms with E-state index in [0.29, 0.717) is 11.6 Å². The summed E-state index contributed by atoms with van der Waals surface area (Å²) in [5.41, 5.74) is 7.33. The lowest BCUT2D eigenvalue weighted by Gasteiger charge is -2.22. The molecule has 0 amide bonds. The third kappa shape index (κ3) is 3.86. The van der Waals surface area contributed by atoms with Gasteiger partial charge in [-0.15, -0.1) is 0 Å². The molecule has 5 nitrogen and oxygen atoms in total. The second-order valence-electron chi connectivity index (χ2n) is 4.88. The Labute approximate surface area is 112 Å². The molecule has 1 aromatic rings. The first-order valence-corrected chi connectivity index (χ1v) is 6.61. The molecule has 4 N–H and O–H groups in total. The molecule has 0 aliphatic carbocycles. The Kier molecular flexibility index (Phi) is 4.63. The topological polar surface area (TPSA) is 84.6 Å². The average Bonchev–Trinajstić information content (AvgIpc) is 2.41. The summed E-state index contributed by atoms with van der Waals surface area (Å²) in [5, 5.41) is 12.1. The van der Waals surface area contributed by atoms with Crippen LogP contribution in [0.2, 0.25) is 0 Å². The summed E-state index contributed by atoms with van der Waals surface area (Å²) < 4.78 is 5.32. The molecule has 0 radical (unpaired) electrons. The second kappa shape index (κ2) is 6.43. The van der Waals surface area contributed by atoms with E-state index in [1.807, 2.05) is 0 Å². The van der Waals surface area contributed by atoms with Crippen LogP contribution in [-0.4, -0.2) is 30.8 Å². The molecule has 0 aromatic heterocycles. The van der Waals surface area contributed by atoms with E-state index in [2.05, 4.69) is 5.32 Å². The van der Waals surface area contributed by atoms with Gasteiger partial charge in [0, 0.05) is 19.8 Å². The minimum atomic E-state index is -0.958. The standard InChI is InChI=1S/C14H20N2O3/c15-12-9-11(14(17)18)1-2-13(12)16-6-3-10-4-7-19-8-5-10/h1-2,9-10,16H,3-8,15H2,(H,17,18). The number of carboxylic acid groups (broad SMARTS) is 1. The summed E-state index contributed by atoms with van der Waals surface area (Å²) in [6.07, 6.45) is 3.33. The highest BCUT2D eigenvalue weighted by molar-refractivity contribution is 5.90. The van der Waals surface area contributed by atoms with Crippen molar-refractivity contribution in [3.05, 3.63) is 23.8 Å². The highest BCUT2D eigenvalue weighted by Gasteiger charge is 2.13. The molecule has 1 saturated heterocycles. The van der Waals surface area contributed by atoms with Crippen LogP contribution in [0.4, 0.5) is 11.4 Å². The fourth-order valence-corrected chi connectivity index (χ4v) is 2.30. The number of nitrogens with two attached hydrogens (primary N) is 1. The molecule has 0 saturated carbocycles. The van der Waals surface area contributed by atoms with Crippen LogP contribution in [-0.2, 0) is 4.74 Å². The van der Waals surface area contributed by atoms with Crippen molar-refractivity contribution in [1.29, 1.82) is 0 Å². The van der Waals surface area contributed by atoms with E-state index in [1.54, 1.807) is 12.1 Å². The molecular weight excluding hydrogens is 244 g/mol. The number of carbonyl (C=O) groups is 1. The molecule has 2 rings (SSSR count). The summed E-state index contributed by atoms with van der Waals surface area (Å²) >= 11 is 0. The Morgan fingerprint density at radius 3 is 2.79 bits per heavy atom. The van der Waals surface area contributed by atoms with Crippen molar-refractivity contribution in [2.45, 2.75) is 19.3 Å². The number of anilines is 2. The predicted octanol–water partition coefficient (Wildman–Crippen LogP) is 2.20. The molecule has 1 heterocycles. The Balaban J connectivity index is 1.83. The van der Waals surface area contributed by atoms with Crippen molar-refractivity contribution in [3.8, 4) is 0 Å². The number of ether oxygens (including phenoxy) is 1. The van der Waals surface area contributed by atoms with Crippen molar-refractivity contribution in [1.82, 2.24) is 0 Å². The number of nitrogen functional groups attached to an aromatic ring is 1. The lowest BCUT2D eigenvalue weighted by Crippen LogP contribution is -2.18. The highest BCUT2D eigenvalue weighted by Crippen LogP contribution is 2.22. The quantitative estimate of drug-likeness (QED) is 0.710. The molecule has 1 aliphatic rings. The van der Waals surface area contributed by atoms with Crippen LogP contribution in [0.1, 0.15) is 29.6 Å². The monoisotopic (exact) mass is 264 g/mol. The van der Waals surface area contributed by atoms with E-state index in [-0.39, 0.29) is 5.56 Å². The van der Waals surface area contributed by atoms with Gasteiger partial charge in [-0.1, -0.05) is 0 Å². The third-order valence-electron chi connectivity index (χ3n) is 3.51. The van der Waals surface area contributed by atoms with Gasteiger partial charge in [0.2, 0.25) is 0 Å². The first kappa shape index (κ1) is 13.7. The highest BCUT2D eigenvalue weighted by atomic mass is 16.5. The zero-order valence-corrected chi connectivity index (χ0v) is 10.9. The first-order valence-electron chi connectivity index (χ1n) is 6.61. The fourth-order valence-electron chi connectivity index (χ4n) is 2.30. The number of aromatic carboxylic acids is 1. The maximum atomic E-state index is 10.8. The molecule has 0 bridgehead atoms. The normalized spacial score (nSPS) is 16.2. The van der Waals surface area contributed by atoms with E-state index >= 15 is 0 Å². The van der Waals surface area contributed by atoms with Gasteiger partial charge >= 0.3 is 5.97 Å². The number of rotatable bonds is 5. The lowest BCUT2D eigenvalue weighted by atomic mass is 9.96. The molecule has 0 atom stereocenters. The van der Waals surface area contributed by atoms with E-state index in [9.17, 15) is 4.79 Å². The molecule has 0 spiro atoms. The number of carboxylic acids is 1. The van der Waals surface area contributed by atoms with Crippen LogP contribution >= 0.6 is 0 Å². The third-order valence-corrected chi connectivity index (χ3v) is 3.51. The summed E-state index contributed by atoms with van der Waals surface area (Å²) in [4.78, 5) is 10.8. The molecule has 0 unspecified atom stereocenters. The Morgan fingerprint density at radius 2 is 2.16 bits per heavy atom. The number of benzene rings is 1. The molecule has 5 heteroatoms. The SMILES string of the molecule is Nc1cc(C(=O)O)ccc1NCCC1CCOCC1. The largest absolute Gasteiger partial charge is 0.478 e. The molecular formula is C14H20N2O3. The summed E-state index contributed by atoms with van der Waals surface area (Å²) in [5.74, 6) is -0.249. The van der Waals surface area contributed by atoms with E-state index in [4.69, 9.17) is 15.6 Å². The smallest absolute Gasteiger partial charge is 0.335 e. The van der Waals surface area contributed by atoms with Crippen LogP contribution in [0.15, 0.2) is 18.2 Å². The van der Waals surface area contributed by atoms with Gasteiger partial charge in [0.15, 0.2) is 0 Å². The van der Waals surface area contributed by atoms with E-state index in [1.165, 1.54) is 6.07 Å². The van der Waals surface area contributed by atoms with Gasteiger partial charge in [-0.2, -0.15) is 0 Å². The van der Waals surface area contributed by atoms with Crippen LogP contribution in [0.5, 0.6) is 0 Å². The molecule has 1 aromatic carbocycles. The zero-order chi connectivity index (χ0) is 13.7. The van der Waals surface area contributed by atoms with Crippen molar-refractivity contribution in [2.75, 3.05) is 30.8 Å². The van der Waals surface area contributed by atoms with Gasteiger partial charge in [-0.25, -0.2) is 4.79 Å². The molecule has 1 fully saturated rings. The Bertz CT molecular complexity index is 442. The molecule has 19 heavy (non-hydrogen) atoms. The maximum Gasteiger partial charge on any atom is 0.335 e. The zero-order valence-electron chi connectivity index (χ0n) is 10.9. The van der Waals surface area contributed by atoms with Gasteiger partial charge in [0.25, 0.3) is 0 Å². The van der Waals surface area contributed by atoms with Crippen molar-refractivity contribution < 1.29 is 14.6 Å². The van der Waals surface area contributed by atoms with Gasteiger partial charge in [-0.05, 0) is 43.4 Å². The van der Waals surface area contributed by atoms with Crippen molar-refractivity contribution in [3.63, 3.8) is 0 Å². The van der Waals surface area contributed by atoms with Crippen LogP contribution < -0.4 is 11.1 Å². The van der Waals surface area contributed by atoms with Crippen molar-refractivity contribution in [2.24, 2.45) is 5.92 Å². The minimum Gasteiger partial charge on any atom is -0.478 e. The second-order valence-corrected chi connectivity index (χ2v) is 4.88. The number of hydrogen-bond donors (Lipinski definition) is 3. The van der Waals surface area contributed by atoms with Gasteiger partial charge < -0.3 is 20.9 Å².